The predicted octanol–water partition coefficient (Wildman–Crippen LogP) is 4.11. The highest BCUT2D eigenvalue weighted by Gasteiger charge is 2.29. The first-order chi connectivity index (χ1) is 18.8. The molecule has 0 unspecified atom stereocenters. The van der Waals surface area contributed by atoms with Gasteiger partial charge < -0.3 is 24.8 Å². The Morgan fingerprint density at radius 2 is 1.68 bits per heavy atom. The largest absolute Gasteiger partial charge is 0.381 e. The van der Waals surface area contributed by atoms with Crippen molar-refractivity contribution in [1.82, 2.24) is 24.6 Å². The van der Waals surface area contributed by atoms with Gasteiger partial charge in [0.1, 0.15) is 10.6 Å². The molecule has 38 heavy (non-hydrogen) atoms. The van der Waals surface area contributed by atoms with Gasteiger partial charge in [0.25, 0.3) is 0 Å². The average molecular weight is 540 g/mol. The first-order valence-electron chi connectivity index (χ1n) is 14.2. The van der Waals surface area contributed by atoms with Gasteiger partial charge in [-0.1, -0.05) is 0 Å². The predicted molar refractivity (Wildman–Crippen MR) is 147 cm³/mol. The molecule has 11 heteroatoms. The fourth-order valence-corrected chi connectivity index (χ4v) is 7.54. The number of aromatic nitrogens is 4. The number of anilines is 3. The van der Waals surface area contributed by atoms with E-state index in [-0.39, 0.29) is 0 Å². The fraction of sp³-hybridized carbons (Fsp3) is 0.667. The molecule has 0 atom stereocenters. The van der Waals surface area contributed by atoms with Crippen LogP contribution >= 0.6 is 11.3 Å². The molecule has 0 bridgehead atoms. The number of hydrogen-bond donors (Lipinski definition) is 2. The number of thiophene rings is 1. The smallest absolute Gasteiger partial charge is 0.230 e. The third-order valence-corrected chi connectivity index (χ3v) is 9.59. The fourth-order valence-electron chi connectivity index (χ4n) is 6.39. The number of ether oxygens (including phenoxy) is 3. The molecule has 0 radical (unpaired) electrons. The number of nitrogens with zero attached hydrogens (tertiary/aromatic N) is 5. The summed E-state index contributed by atoms with van der Waals surface area (Å²) < 4.78 is 18.9. The molecule has 3 aromatic rings. The van der Waals surface area contributed by atoms with Gasteiger partial charge in [-0.15, -0.1) is 11.3 Å². The first-order valence-corrected chi connectivity index (χ1v) is 15.0. The van der Waals surface area contributed by atoms with Crippen LogP contribution in [0.25, 0.3) is 10.2 Å². The van der Waals surface area contributed by atoms with Crippen LogP contribution in [0, 0.1) is 0 Å². The molecule has 4 aliphatic rings. The van der Waals surface area contributed by atoms with Gasteiger partial charge in [-0.25, -0.2) is 4.98 Å². The van der Waals surface area contributed by atoms with E-state index < -0.39 is 0 Å². The minimum absolute atomic E-state index is 0.386. The Bertz CT molecular complexity index is 1240. The quantitative estimate of drug-likeness (QED) is 0.479. The SMILES string of the molecule is c1nn(C2CCOCC2)cc1Nc1nc(N[C@H]2CC[C@H](N3CCOCC3)CC2)c2c3c(sc2n1)COCC3. The summed E-state index contributed by atoms with van der Waals surface area (Å²) in [5.74, 6) is 1.58. The number of hydrogen-bond acceptors (Lipinski definition) is 10. The lowest BCUT2D eigenvalue weighted by Crippen LogP contribution is -2.46. The second-order valence-corrected chi connectivity index (χ2v) is 11.9. The van der Waals surface area contributed by atoms with E-state index in [1.807, 2.05) is 6.20 Å². The average Bonchev–Trinajstić information content (AvgIpc) is 3.59. The normalized spacial score (nSPS) is 25.4. The van der Waals surface area contributed by atoms with E-state index in [0.717, 1.165) is 94.6 Å². The molecule has 3 aliphatic heterocycles. The molecule has 0 aromatic carbocycles. The van der Waals surface area contributed by atoms with Crippen molar-refractivity contribution in [3.63, 3.8) is 0 Å². The van der Waals surface area contributed by atoms with E-state index in [9.17, 15) is 0 Å². The van der Waals surface area contributed by atoms with Gasteiger partial charge in [0, 0.05) is 49.5 Å². The Morgan fingerprint density at radius 1 is 0.868 bits per heavy atom. The van der Waals surface area contributed by atoms with E-state index in [4.69, 9.17) is 24.2 Å². The number of fused-ring (bicyclic) bond motifs is 3. The number of rotatable bonds is 6. The van der Waals surface area contributed by atoms with Gasteiger partial charge in [-0.2, -0.15) is 10.1 Å². The minimum atomic E-state index is 0.386. The van der Waals surface area contributed by atoms with Crippen LogP contribution in [0.3, 0.4) is 0 Å². The number of nitrogens with one attached hydrogen (secondary N) is 2. The van der Waals surface area contributed by atoms with Crippen LogP contribution in [0.15, 0.2) is 12.4 Å². The first kappa shape index (κ1) is 24.7. The van der Waals surface area contributed by atoms with Crippen LogP contribution in [0.1, 0.15) is 55.0 Å². The highest BCUT2D eigenvalue weighted by molar-refractivity contribution is 7.19. The third-order valence-electron chi connectivity index (χ3n) is 8.49. The summed E-state index contributed by atoms with van der Waals surface area (Å²) in [6.07, 6.45) is 11.6. The molecule has 2 saturated heterocycles. The summed E-state index contributed by atoms with van der Waals surface area (Å²) in [6.45, 7) is 6.89. The van der Waals surface area contributed by atoms with Crippen LogP contribution in [-0.2, 0) is 27.2 Å². The standard InChI is InChI=1S/C27H37N7O3S/c1-3-20(33-8-13-36-14-9-33)4-2-18(1)29-25-24-22-7-12-37-17-23(22)38-26(24)32-27(31-25)30-19-15-28-34(16-19)21-5-10-35-11-6-21/h15-16,18,20-21H,1-14,17H2,(H2,29,30,31,32)/t18-,20-. The van der Waals surface area contributed by atoms with Gasteiger partial charge in [-0.05, 0) is 50.5 Å². The maximum Gasteiger partial charge on any atom is 0.230 e. The van der Waals surface area contributed by atoms with E-state index in [1.54, 1.807) is 11.3 Å². The highest BCUT2D eigenvalue weighted by Crippen LogP contribution is 2.39. The number of morpholine rings is 1. The molecule has 2 N–H and O–H groups in total. The van der Waals surface area contributed by atoms with Crippen molar-refractivity contribution in [1.29, 1.82) is 0 Å². The van der Waals surface area contributed by atoms with Gasteiger partial charge in [0.2, 0.25) is 5.95 Å². The summed E-state index contributed by atoms with van der Waals surface area (Å²) in [5.41, 5.74) is 2.28. The third kappa shape index (κ3) is 5.14. The molecule has 6 heterocycles. The second-order valence-electron chi connectivity index (χ2n) is 10.9. The van der Waals surface area contributed by atoms with Crippen molar-refractivity contribution in [2.45, 2.75) is 69.7 Å². The van der Waals surface area contributed by atoms with E-state index in [2.05, 4.69) is 31.5 Å². The second kappa shape index (κ2) is 11.1. The van der Waals surface area contributed by atoms with Crippen molar-refractivity contribution in [2.75, 3.05) is 56.8 Å². The summed E-state index contributed by atoms with van der Waals surface area (Å²) in [4.78, 5) is 14.9. The molecule has 3 fully saturated rings. The summed E-state index contributed by atoms with van der Waals surface area (Å²) in [5, 5.41) is 13.1. The minimum Gasteiger partial charge on any atom is -0.381 e. The molecule has 204 valence electrons. The van der Waals surface area contributed by atoms with Gasteiger partial charge >= 0.3 is 0 Å². The van der Waals surface area contributed by atoms with Gasteiger partial charge in [-0.3, -0.25) is 9.58 Å². The van der Waals surface area contributed by atoms with Crippen LogP contribution in [0.4, 0.5) is 17.5 Å². The Kier molecular flexibility index (Phi) is 7.19. The highest BCUT2D eigenvalue weighted by atomic mass is 32.1. The van der Waals surface area contributed by atoms with Crippen LogP contribution in [-0.4, -0.2) is 82.9 Å². The Labute approximate surface area is 227 Å². The molecular formula is C27H37N7O3S. The maximum atomic E-state index is 5.76. The van der Waals surface area contributed by atoms with E-state index >= 15 is 0 Å². The molecule has 0 spiro atoms. The van der Waals surface area contributed by atoms with Crippen LogP contribution in [0.5, 0.6) is 0 Å². The monoisotopic (exact) mass is 539 g/mol. The Morgan fingerprint density at radius 3 is 2.53 bits per heavy atom. The van der Waals surface area contributed by atoms with Gasteiger partial charge in [0.05, 0.1) is 49.7 Å². The molecule has 7 rings (SSSR count). The summed E-state index contributed by atoms with van der Waals surface area (Å²) in [6, 6.07) is 1.49. The van der Waals surface area contributed by atoms with Crippen molar-refractivity contribution < 1.29 is 14.2 Å². The van der Waals surface area contributed by atoms with Crippen LogP contribution in [0.2, 0.25) is 0 Å². The lowest BCUT2D eigenvalue weighted by atomic mass is 9.90. The zero-order valence-corrected chi connectivity index (χ0v) is 22.7. The van der Waals surface area contributed by atoms with E-state index in [0.29, 0.717) is 30.7 Å². The Hall–Kier alpha value is -2.31. The molecule has 1 aliphatic carbocycles. The molecule has 1 saturated carbocycles. The summed E-state index contributed by atoms with van der Waals surface area (Å²) >= 11 is 1.74. The van der Waals surface area contributed by atoms with Gasteiger partial charge in [0.15, 0.2) is 0 Å². The lowest BCUT2D eigenvalue weighted by Gasteiger charge is -2.39. The van der Waals surface area contributed by atoms with E-state index in [1.165, 1.54) is 28.7 Å². The molecule has 10 nitrogen and oxygen atoms in total. The zero-order valence-electron chi connectivity index (χ0n) is 21.9. The maximum absolute atomic E-state index is 5.76. The Balaban J connectivity index is 1.11. The zero-order chi connectivity index (χ0) is 25.3. The summed E-state index contributed by atoms with van der Waals surface area (Å²) in [7, 11) is 0. The lowest BCUT2D eigenvalue weighted by molar-refractivity contribution is 0.00791. The van der Waals surface area contributed by atoms with Crippen LogP contribution < -0.4 is 10.6 Å². The van der Waals surface area contributed by atoms with Crippen molar-refractivity contribution in [2.24, 2.45) is 0 Å². The molecule has 0 amide bonds. The van der Waals surface area contributed by atoms with Crippen molar-refractivity contribution in [3.05, 3.63) is 22.8 Å². The topological polar surface area (TPSA) is 98.6 Å². The molecular weight excluding hydrogens is 502 g/mol. The van der Waals surface area contributed by atoms with Crippen molar-refractivity contribution in [3.8, 4) is 0 Å². The molecule has 3 aromatic heterocycles. The van der Waals surface area contributed by atoms with Crippen molar-refractivity contribution >= 4 is 39.0 Å².